The number of hydrogen-bond acceptors (Lipinski definition) is 3. The van der Waals surface area contributed by atoms with Crippen molar-refractivity contribution < 1.29 is 9.53 Å². The zero-order chi connectivity index (χ0) is 14.0. The molecular weight excluding hydrogens is 240 g/mol. The van der Waals surface area contributed by atoms with Crippen molar-refractivity contribution in [3.63, 3.8) is 0 Å². The van der Waals surface area contributed by atoms with Gasteiger partial charge < -0.3 is 15.8 Å². The van der Waals surface area contributed by atoms with E-state index in [0.717, 1.165) is 22.1 Å². The summed E-state index contributed by atoms with van der Waals surface area (Å²) in [5.41, 5.74) is 5.46. The zero-order valence-corrected chi connectivity index (χ0v) is 11.4. The lowest BCUT2D eigenvalue weighted by Gasteiger charge is -2.26. The topological polar surface area (TPSA) is 64.3 Å². The number of likely N-dealkylation sites (N-methyl/N-ethyl adjacent to an activating group) is 1. The Bertz CT molecular complexity index is 625. The van der Waals surface area contributed by atoms with Gasteiger partial charge in [0.1, 0.15) is 11.3 Å². The van der Waals surface area contributed by atoms with Crippen LogP contribution < -0.4 is 15.8 Å². The van der Waals surface area contributed by atoms with Crippen LogP contribution in [-0.4, -0.2) is 20.1 Å². The Morgan fingerprint density at radius 3 is 2.42 bits per heavy atom. The molecule has 1 amide bonds. The molecule has 3 N–H and O–H groups in total. The summed E-state index contributed by atoms with van der Waals surface area (Å²) in [6.07, 6.45) is 0. The number of nitrogens with one attached hydrogen (secondary N) is 1. The van der Waals surface area contributed by atoms with Crippen molar-refractivity contribution in [2.75, 3.05) is 14.2 Å². The SMILES string of the molecule is CNC(C)(C(N)=O)c1ccc2cc(OC)ccc2c1. The van der Waals surface area contributed by atoms with Crippen LogP contribution in [0.4, 0.5) is 0 Å². The molecule has 0 aliphatic heterocycles. The molecule has 2 aromatic carbocycles. The highest BCUT2D eigenvalue weighted by molar-refractivity contribution is 5.89. The molecule has 19 heavy (non-hydrogen) atoms. The fourth-order valence-corrected chi connectivity index (χ4v) is 2.07. The first-order chi connectivity index (χ1) is 9.01. The van der Waals surface area contributed by atoms with E-state index >= 15 is 0 Å². The Kier molecular flexibility index (Phi) is 3.44. The predicted octanol–water partition coefficient (Wildman–Crippen LogP) is 1.77. The van der Waals surface area contributed by atoms with Gasteiger partial charge in [-0.15, -0.1) is 0 Å². The van der Waals surface area contributed by atoms with Crippen LogP contribution in [0, 0.1) is 0 Å². The van der Waals surface area contributed by atoms with Gasteiger partial charge in [-0.3, -0.25) is 4.79 Å². The van der Waals surface area contributed by atoms with Crippen molar-refractivity contribution in [2.45, 2.75) is 12.5 Å². The summed E-state index contributed by atoms with van der Waals surface area (Å²) >= 11 is 0. The number of rotatable bonds is 4. The highest BCUT2D eigenvalue weighted by Gasteiger charge is 2.31. The van der Waals surface area contributed by atoms with Crippen LogP contribution >= 0.6 is 0 Å². The van der Waals surface area contributed by atoms with Gasteiger partial charge in [0.05, 0.1) is 7.11 Å². The number of hydrogen-bond donors (Lipinski definition) is 2. The van der Waals surface area contributed by atoms with E-state index in [4.69, 9.17) is 10.5 Å². The summed E-state index contributed by atoms with van der Waals surface area (Å²) < 4.78 is 5.19. The van der Waals surface area contributed by atoms with Crippen LogP contribution in [0.25, 0.3) is 10.8 Å². The predicted molar refractivity (Wildman–Crippen MR) is 76.1 cm³/mol. The third-order valence-electron chi connectivity index (χ3n) is 3.62. The molecule has 0 aliphatic carbocycles. The number of carbonyl (C=O) groups is 1. The van der Waals surface area contributed by atoms with Gasteiger partial charge in [-0.05, 0) is 48.5 Å². The molecule has 4 nitrogen and oxygen atoms in total. The van der Waals surface area contributed by atoms with Crippen molar-refractivity contribution in [3.8, 4) is 5.75 Å². The normalized spacial score (nSPS) is 14.1. The number of primary amides is 1. The third-order valence-corrected chi connectivity index (χ3v) is 3.62. The van der Waals surface area contributed by atoms with Crippen LogP contribution in [0.2, 0.25) is 0 Å². The second kappa shape index (κ2) is 4.90. The van der Waals surface area contributed by atoms with Crippen molar-refractivity contribution in [1.29, 1.82) is 0 Å². The molecule has 1 unspecified atom stereocenters. The Balaban J connectivity index is 2.56. The number of benzene rings is 2. The monoisotopic (exact) mass is 258 g/mol. The minimum absolute atomic E-state index is 0.400. The van der Waals surface area contributed by atoms with Crippen LogP contribution in [0.1, 0.15) is 12.5 Å². The average molecular weight is 258 g/mol. The highest BCUT2D eigenvalue weighted by atomic mass is 16.5. The van der Waals surface area contributed by atoms with Crippen LogP contribution in [0.15, 0.2) is 36.4 Å². The number of methoxy groups -OCH3 is 1. The number of fused-ring (bicyclic) bond motifs is 1. The fourth-order valence-electron chi connectivity index (χ4n) is 2.07. The molecule has 2 rings (SSSR count). The second-order valence-electron chi connectivity index (χ2n) is 4.67. The summed E-state index contributed by atoms with van der Waals surface area (Å²) in [5, 5.41) is 5.09. The van der Waals surface area contributed by atoms with E-state index in [9.17, 15) is 4.79 Å². The molecular formula is C15H18N2O2. The van der Waals surface area contributed by atoms with E-state index < -0.39 is 11.4 Å². The lowest BCUT2D eigenvalue weighted by molar-refractivity contribution is -0.123. The smallest absolute Gasteiger partial charge is 0.242 e. The van der Waals surface area contributed by atoms with Crippen LogP contribution in [0.5, 0.6) is 5.75 Å². The van der Waals surface area contributed by atoms with Gasteiger partial charge >= 0.3 is 0 Å². The quantitative estimate of drug-likeness (QED) is 0.878. The molecule has 0 fully saturated rings. The van der Waals surface area contributed by atoms with E-state index in [-0.39, 0.29) is 0 Å². The van der Waals surface area contributed by atoms with E-state index in [1.54, 1.807) is 21.1 Å². The standard InChI is InChI=1S/C15H18N2O2/c1-15(17-2,14(16)18)12-6-4-11-9-13(19-3)7-5-10(11)8-12/h4-9,17H,1-3H3,(H2,16,18). The van der Waals surface area contributed by atoms with Gasteiger partial charge in [-0.1, -0.05) is 18.2 Å². The molecule has 0 saturated heterocycles. The van der Waals surface area contributed by atoms with Crippen LogP contribution in [-0.2, 0) is 10.3 Å². The number of ether oxygens (including phenoxy) is 1. The maximum absolute atomic E-state index is 11.6. The summed E-state index contributed by atoms with van der Waals surface area (Å²) in [6.45, 7) is 1.78. The van der Waals surface area contributed by atoms with Crippen molar-refractivity contribution in [2.24, 2.45) is 5.73 Å². The molecule has 0 spiro atoms. The Morgan fingerprint density at radius 1 is 1.21 bits per heavy atom. The van der Waals surface area contributed by atoms with Gasteiger partial charge in [0.15, 0.2) is 0 Å². The molecule has 0 aromatic heterocycles. The van der Waals surface area contributed by atoms with Gasteiger partial charge in [-0.25, -0.2) is 0 Å². The van der Waals surface area contributed by atoms with E-state index in [1.807, 2.05) is 36.4 Å². The highest BCUT2D eigenvalue weighted by Crippen LogP contribution is 2.27. The number of nitrogens with two attached hydrogens (primary N) is 1. The third kappa shape index (κ3) is 2.27. The summed E-state index contributed by atoms with van der Waals surface area (Å²) in [4.78, 5) is 11.6. The minimum Gasteiger partial charge on any atom is -0.497 e. The van der Waals surface area contributed by atoms with Crippen molar-refractivity contribution in [3.05, 3.63) is 42.0 Å². The minimum atomic E-state index is -0.867. The summed E-state index contributed by atoms with van der Waals surface area (Å²) in [6, 6.07) is 11.7. The van der Waals surface area contributed by atoms with Crippen LogP contribution in [0.3, 0.4) is 0 Å². The van der Waals surface area contributed by atoms with Crippen molar-refractivity contribution >= 4 is 16.7 Å². The second-order valence-corrected chi connectivity index (χ2v) is 4.67. The number of amides is 1. The van der Waals surface area contributed by atoms with E-state index in [1.165, 1.54) is 0 Å². The first kappa shape index (κ1) is 13.4. The van der Waals surface area contributed by atoms with Gasteiger partial charge in [-0.2, -0.15) is 0 Å². The molecule has 100 valence electrons. The fraction of sp³-hybridized carbons (Fsp3) is 0.267. The molecule has 1 atom stereocenters. The largest absolute Gasteiger partial charge is 0.497 e. The molecule has 0 bridgehead atoms. The lowest BCUT2D eigenvalue weighted by Crippen LogP contribution is -2.48. The average Bonchev–Trinajstić information content (AvgIpc) is 2.44. The molecule has 0 heterocycles. The molecule has 4 heteroatoms. The first-order valence-corrected chi connectivity index (χ1v) is 6.08. The van der Waals surface area contributed by atoms with E-state index in [2.05, 4.69) is 5.32 Å². The van der Waals surface area contributed by atoms with Gasteiger partial charge in [0.2, 0.25) is 5.91 Å². The van der Waals surface area contributed by atoms with E-state index in [0.29, 0.717) is 0 Å². The first-order valence-electron chi connectivity index (χ1n) is 6.08. The summed E-state index contributed by atoms with van der Waals surface area (Å²) in [5.74, 6) is 0.411. The Morgan fingerprint density at radius 2 is 1.84 bits per heavy atom. The Labute approximate surface area is 112 Å². The molecule has 0 saturated carbocycles. The van der Waals surface area contributed by atoms with Crippen molar-refractivity contribution in [1.82, 2.24) is 5.32 Å². The maximum Gasteiger partial charge on any atom is 0.242 e. The number of carbonyl (C=O) groups excluding carboxylic acids is 1. The molecule has 0 aliphatic rings. The molecule has 2 aromatic rings. The Hall–Kier alpha value is -2.07. The molecule has 0 radical (unpaired) electrons. The maximum atomic E-state index is 11.6. The zero-order valence-electron chi connectivity index (χ0n) is 11.4. The van der Waals surface area contributed by atoms with Gasteiger partial charge in [0, 0.05) is 0 Å². The summed E-state index contributed by atoms with van der Waals surface area (Å²) in [7, 11) is 3.36. The van der Waals surface area contributed by atoms with Gasteiger partial charge in [0.25, 0.3) is 0 Å². The lowest BCUT2D eigenvalue weighted by atomic mass is 9.90.